The quantitative estimate of drug-likeness (QED) is 0.430. The molecular formula is C18H13N5O2. The molecule has 0 saturated carbocycles. The molecule has 0 atom stereocenters. The van der Waals surface area contributed by atoms with Gasteiger partial charge in [-0.15, -0.1) is 0 Å². The summed E-state index contributed by atoms with van der Waals surface area (Å²) in [6.07, 6.45) is 0. The molecule has 0 unspecified atom stereocenters. The number of benzene rings is 3. The smallest absolute Gasteiger partial charge is 0.280 e. The summed E-state index contributed by atoms with van der Waals surface area (Å²) < 4.78 is 4.85. The Balaban J connectivity index is 1.97. The van der Waals surface area contributed by atoms with Crippen molar-refractivity contribution < 1.29 is 9.42 Å². The van der Waals surface area contributed by atoms with Crippen molar-refractivity contribution in [2.75, 3.05) is 0 Å². The van der Waals surface area contributed by atoms with Crippen molar-refractivity contribution in [3.8, 4) is 11.1 Å². The number of carbonyl (C=O) groups is 1. The molecule has 0 aliphatic carbocycles. The van der Waals surface area contributed by atoms with E-state index in [0.29, 0.717) is 16.6 Å². The first-order valence-corrected chi connectivity index (χ1v) is 7.52. The van der Waals surface area contributed by atoms with Crippen LogP contribution in [0.4, 0.5) is 0 Å². The minimum absolute atomic E-state index is 0.267. The van der Waals surface area contributed by atoms with E-state index in [2.05, 4.69) is 15.3 Å². The summed E-state index contributed by atoms with van der Waals surface area (Å²) in [5.41, 5.74) is 14.1. The Morgan fingerprint density at radius 3 is 2.60 bits per heavy atom. The van der Waals surface area contributed by atoms with Crippen molar-refractivity contribution in [2.45, 2.75) is 0 Å². The van der Waals surface area contributed by atoms with Crippen LogP contribution in [0.15, 0.2) is 64.2 Å². The predicted octanol–water partition coefficient (Wildman–Crippen LogP) is 2.46. The highest BCUT2D eigenvalue weighted by Crippen LogP contribution is 2.33. The minimum Gasteiger partial charge on any atom is -0.370 e. The molecule has 25 heavy (non-hydrogen) atoms. The lowest BCUT2D eigenvalue weighted by atomic mass is 9.96. The van der Waals surface area contributed by atoms with Crippen molar-refractivity contribution in [3.63, 3.8) is 0 Å². The van der Waals surface area contributed by atoms with E-state index < -0.39 is 5.91 Å². The van der Waals surface area contributed by atoms with Gasteiger partial charge in [-0.25, -0.2) is 4.63 Å². The fourth-order valence-corrected chi connectivity index (χ4v) is 2.85. The van der Waals surface area contributed by atoms with E-state index in [9.17, 15) is 4.79 Å². The molecule has 3 aromatic carbocycles. The zero-order valence-electron chi connectivity index (χ0n) is 13.0. The molecule has 0 bridgehead atoms. The maximum absolute atomic E-state index is 12.1. The number of aromatic nitrogens is 2. The van der Waals surface area contributed by atoms with Gasteiger partial charge in [-0.05, 0) is 44.8 Å². The lowest BCUT2D eigenvalue weighted by Crippen LogP contribution is -2.24. The molecule has 4 N–H and O–H groups in total. The van der Waals surface area contributed by atoms with Gasteiger partial charge in [-0.2, -0.15) is 4.99 Å². The molecule has 7 heteroatoms. The normalized spacial score (nSPS) is 10.9. The van der Waals surface area contributed by atoms with Crippen LogP contribution in [0.2, 0.25) is 0 Å². The number of nitrogens with zero attached hydrogens (tertiary/aromatic N) is 3. The Kier molecular flexibility index (Phi) is 3.39. The molecule has 0 aliphatic heterocycles. The molecule has 0 fully saturated rings. The van der Waals surface area contributed by atoms with Gasteiger partial charge in [0.1, 0.15) is 11.0 Å². The second-order valence-electron chi connectivity index (χ2n) is 5.52. The average molecular weight is 331 g/mol. The molecule has 0 saturated heterocycles. The fraction of sp³-hybridized carbons (Fsp3) is 0. The van der Waals surface area contributed by atoms with Gasteiger partial charge in [0.2, 0.25) is 0 Å². The Hall–Kier alpha value is -3.74. The largest absolute Gasteiger partial charge is 0.370 e. The van der Waals surface area contributed by atoms with Crippen molar-refractivity contribution in [1.82, 2.24) is 10.3 Å². The second kappa shape index (κ2) is 5.72. The summed E-state index contributed by atoms with van der Waals surface area (Å²) in [5.74, 6) is -0.755. The Bertz CT molecular complexity index is 1140. The van der Waals surface area contributed by atoms with Crippen LogP contribution in [-0.2, 0) is 0 Å². The predicted molar refractivity (Wildman–Crippen MR) is 94.9 cm³/mol. The zero-order valence-corrected chi connectivity index (χ0v) is 13.0. The van der Waals surface area contributed by atoms with Crippen LogP contribution in [0.25, 0.3) is 32.9 Å². The number of hydrogen-bond acceptors (Lipinski definition) is 4. The van der Waals surface area contributed by atoms with Crippen LogP contribution in [0.1, 0.15) is 10.4 Å². The van der Waals surface area contributed by atoms with E-state index in [4.69, 9.17) is 16.1 Å². The van der Waals surface area contributed by atoms with E-state index in [1.54, 1.807) is 12.1 Å². The number of guanidine groups is 1. The van der Waals surface area contributed by atoms with Crippen LogP contribution >= 0.6 is 0 Å². The topological polar surface area (TPSA) is 120 Å². The molecule has 4 aromatic rings. The summed E-state index contributed by atoms with van der Waals surface area (Å²) in [6, 6.07) is 16.8. The summed E-state index contributed by atoms with van der Waals surface area (Å²) in [5, 5.41) is 9.73. The third-order valence-electron chi connectivity index (χ3n) is 3.94. The minimum atomic E-state index is -0.488. The van der Waals surface area contributed by atoms with Crippen LogP contribution in [0.5, 0.6) is 0 Å². The van der Waals surface area contributed by atoms with Gasteiger partial charge < -0.3 is 11.5 Å². The van der Waals surface area contributed by atoms with Crippen LogP contribution in [0, 0.1) is 0 Å². The van der Waals surface area contributed by atoms with Gasteiger partial charge in [0.05, 0.1) is 0 Å². The van der Waals surface area contributed by atoms with Crippen molar-refractivity contribution in [1.29, 1.82) is 0 Å². The van der Waals surface area contributed by atoms with Crippen LogP contribution < -0.4 is 11.5 Å². The number of nitrogens with two attached hydrogens (primary N) is 2. The molecule has 0 radical (unpaired) electrons. The molecule has 1 aromatic heterocycles. The van der Waals surface area contributed by atoms with E-state index in [0.717, 1.165) is 21.9 Å². The molecule has 0 aliphatic rings. The third kappa shape index (κ3) is 2.57. The monoisotopic (exact) mass is 331 g/mol. The highest BCUT2D eigenvalue weighted by molar-refractivity contribution is 6.08. The Morgan fingerprint density at radius 1 is 0.960 bits per heavy atom. The maximum atomic E-state index is 12.1. The number of rotatable bonds is 2. The molecule has 1 heterocycles. The molecule has 1 amide bonds. The first kappa shape index (κ1) is 14.8. The number of fused-ring (bicyclic) bond motifs is 2. The second-order valence-corrected chi connectivity index (χ2v) is 5.52. The number of hydrogen-bond donors (Lipinski definition) is 2. The third-order valence-corrected chi connectivity index (χ3v) is 3.94. The Morgan fingerprint density at radius 2 is 1.76 bits per heavy atom. The zero-order chi connectivity index (χ0) is 17.4. The van der Waals surface area contributed by atoms with Gasteiger partial charge in [-0.3, -0.25) is 4.79 Å². The molecular weight excluding hydrogens is 318 g/mol. The highest BCUT2D eigenvalue weighted by Gasteiger charge is 2.13. The van der Waals surface area contributed by atoms with Crippen LogP contribution in [-0.4, -0.2) is 22.2 Å². The van der Waals surface area contributed by atoms with Crippen molar-refractivity contribution in [3.05, 3.63) is 60.2 Å². The van der Waals surface area contributed by atoms with Gasteiger partial charge in [-0.1, -0.05) is 36.4 Å². The standard InChI is InChI=1S/C18H13N5O2/c19-18(20)21-17(24)11-8-7-10-3-1-4-12(14(10)9-11)13-5-2-6-15-16(13)23-25-22-15/h1-9H,(H4,19,20,21,24). The summed E-state index contributed by atoms with van der Waals surface area (Å²) in [6.45, 7) is 0. The van der Waals surface area contributed by atoms with E-state index >= 15 is 0 Å². The van der Waals surface area contributed by atoms with E-state index in [1.165, 1.54) is 0 Å². The average Bonchev–Trinajstić information content (AvgIpc) is 3.09. The van der Waals surface area contributed by atoms with Crippen molar-refractivity contribution >= 4 is 33.7 Å². The van der Waals surface area contributed by atoms with Gasteiger partial charge >= 0.3 is 0 Å². The SMILES string of the molecule is NC(N)=NC(=O)c1ccc2cccc(-c3cccc4nonc34)c2c1. The van der Waals surface area contributed by atoms with E-state index in [-0.39, 0.29) is 5.96 Å². The van der Waals surface area contributed by atoms with Crippen molar-refractivity contribution in [2.24, 2.45) is 16.5 Å². The lowest BCUT2D eigenvalue weighted by Gasteiger charge is -2.08. The summed E-state index contributed by atoms with van der Waals surface area (Å²) in [7, 11) is 0. The molecule has 4 rings (SSSR count). The first-order chi connectivity index (χ1) is 12.1. The Labute approximate surface area is 141 Å². The van der Waals surface area contributed by atoms with Crippen LogP contribution in [0.3, 0.4) is 0 Å². The highest BCUT2D eigenvalue weighted by atomic mass is 16.6. The number of amides is 1. The summed E-state index contributed by atoms with van der Waals surface area (Å²) >= 11 is 0. The summed E-state index contributed by atoms with van der Waals surface area (Å²) in [4.78, 5) is 15.7. The molecule has 0 spiro atoms. The first-order valence-electron chi connectivity index (χ1n) is 7.52. The molecule has 7 nitrogen and oxygen atoms in total. The number of carbonyl (C=O) groups excluding carboxylic acids is 1. The fourth-order valence-electron chi connectivity index (χ4n) is 2.85. The van der Waals surface area contributed by atoms with Gasteiger partial charge in [0.25, 0.3) is 5.91 Å². The van der Waals surface area contributed by atoms with E-state index in [1.807, 2.05) is 42.5 Å². The maximum Gasteiger partial charge on any atom is 0.280 e. The lowest BCUT2D eigenvalue weighted by molar-refractivity contribution is 0.100. The van der Waals surface area contributed by atoms with Gasteiger partial charge in [0, 0.05) is 11.1 Å². The number of aliphatic imine (C=N–C) groups is 1. The van der Waals surface area contributed by atoms with Gasteiger partial charge in [0.15, 0.2) is 5.96 Å². The molecule has 122 valence electrons.